The summed E-state index contributed by atoms with van der Waals surface area (Å²) >= 11 is 0. The number of carbonyl (C=O) groups excluding carboxylic acids is 4. The van der Waals surface area contributed by atoms with Crippen LogP contribution < -0.4 is 16.0 Å². The second-order valence-corrected chi connectivity index (χ2v) is 9.74. The van der Waals surface area contributed by atoms with E-state index < -0.39 is 55.0 Å². The summed E-state index contributed by atoms with van der Waals surface area (Å²) in [5, 5.41) is 17.7. The average Bonchev–Trinajstić information content (AvgIpc) is 3.01. The van der Waals surface area contributed by atoms with Gasteiger partial charge in [0, 0.05) is 25.8 Å². The van der Waals surface area contributed by atoms with E-state index in [2.05, 4.69) is 25.7 Å². The van der Waals surface area contributed by atoms with Gasteiger partial charge in [-0.3, -0.25) is 14.4 Å². The van der Waals surface area contributed by atoms with Crippen molar-refractivity contribution in [3.63, 3.8) is 0 Å². The lowest BCUT2D eigenvalue weighted by Gasteiger charge is -2.23. The number of hydrogen-bond acceptors (Lipinski definition) is 8. The smallest absolute Gasteiger partial charge is 0.396 e. The van der Waals surface area contributed by atoms with Crippen LogP contribution in [0, 0.1) is 0 Å². The van der Waals surface area contributed by atoms with E-state index in [1.807, 2.05) is 42.5 Å². The Morgan fingerprint density at radius 3 is 2.18 bits per heavy atom. The van der Waals surface area contributed by atoms with Gasteiger partial charge in [0.25, 0.3) is 0 Å². The van der Waals surface area contributed by atoms with Crippen molar-refractivity contribution >= 4 is 29.6 Å². The number of nitrogens with zero attached hydrogens (tertiary/aromatic N) is 1. The summed E-state index contributed by atoms with van der Waals surface area (Å²) in [4.78, 5) is 53.4. The van der Waals surface area contributed by atoms with E-state index in [-0.39, 0.29) is 12.8 Å². The molecule has 4 N–H and O–H groups in total. The van der Waals surface area contributed by atoms with Crippen LogP contribution in [0.4, 0.5) is 19.0 Å². The quantitative estimate of drug-likeness (QED) is 0.114. The number of aliphatic hydroxyl groups excluding tert-OH is 1. The van der Waals surface area contributed by atoms with Crippen LogP contribution in [-0.2, 0) is 23.9 Å². The monoisotopic (exact) mass is 614 g/mol. The first-order chi connectivity index (χ1) is 21.1. The lowest BCUT2D eigenvalue weighted by Crippen LogP contribution is -2.48. The standard InChI is InChI=1S/C31H33F3N4O6/c32-31(33,34)30(43)44-28(41)20-25(23-14-12-22(13-15-23)21-8-2-1-3-9-21)38-29(42)24(16-19-39)37-27(40)11-5-7-18-36-26-10-4-6-17-35-26/h1-4,6,8-10,12-15,17,24-25,39H,5,7,11,16,18-20H2,(H,35,36)(H,37,40)(H,38,42)/t24-,25?/m0/s1. The molecule has 1 unspecified atom stereocenters. The highest BCUT2D eigenvalue weighted by Gasteiger charge is 2.42. The molecule has 10 nitrogen and oxygen atoms in total. The summed E-state index contributed by atoms with van der Waals surface area (Å²) in [6, 6.07) is 18.8. The highest BCUT2D eigenvalue weighted by Crippen LogP contribution is 2.25. The van der Waals surface area contributed by atoms with Gasteiger partial charge in [0.05, 0.1) is 12.5 Å². The number of pyridine rings is 1. The van der Waals surface area contributed by atoms with E-state index in [0.29, 0.717) is 30.8 Å². The van der Waals surface area contributed by atoms with Crippen LogP contribution in [0.2, 0.25) is 0 Å². The number of benzene rings is 2. The summed E-state index contributed by atoms with van der Waals surface area (Å²) in [7, 11) is 0. The third kappa shape index (κ3) is 11.1. The van der Waals surface area contributed by atoms with Crippen molar-refractivity contribution in [3.8, 4) is 11.1 Å². The summed E-state index contributed by atoms with van der Waals surface area (Å²) in [5.41, 5.74) is 2.02. The minimum absolute atomic E-state index is 0.0926. The molecule has 0 bridgehead atoms. The number of nitrogens with one attached hydrogen (secondary N) is 3. The molecule has 0 aliphatic carbocycles. The Labute approximate surface area is 252 Å². The van der Waals surface area contributed by atoms with Crippen LogP contribution >= 0.6 is 0 Å². The van der Waals surface area contributed by atoms with Crippen molar-refractivity contribution in [1.29, 1.82) is 0 Å². The number of unbranched alkanes of at least 4 members (excludes halogenated alkanes) is 1. The molecule has 3 rings (SSSR count). The van der Waals surface area contributed by atoms with E-state index in [1.165, 1.54) is 0 Å². The van der Waals surface area contributed by atoms with Gasteiger partial charge >= 0.3 is 18.1 Å². The first-order valence-corrected chi connectivity index (χ1v) is 13.9. The number of amides is 2. The van der Waals surface area contributed by atoms with Crippen molar-refractivity contribution in [2.45, 2.75) is 50.4 Å². The largest absolute Gasteiger partial charge is 0.491 e. The second kappa shape index (κ2) is 16.8. The van der Waals surface area contributed by atoms with Crippen LogP contribution in [0.5, 0.6) is 0 Å². The molecule has 44 heavy (non-hydrogen) atoms. The van der Waals surface area contributed by atoms with Gasteiger partial charge in [-0.15, -0.1) is 0 Å². The van der Waals surface area contributed by atoms with Gasteiger partial charge in [-0.05, 0) is 48.1 Å². The molecule has 0 radical (unpaired) electrons. The highest BCUT2D eigenvalue weighted by atomic mass is 19.4. The molecule has 2 amide bonds. The van der Waals surface area contributed by atoms with Crippen molar-refractivity contribution in [2.75, 3.05) is 18.5 Å². The Hall–Kier alpha value is -4.78. The number of alkyl halides is 3. The van der Waals surface area contributed by atoms with E-state index >= 15 is 0 Å². The number of hydrogen-bond donors (Lipinski definition) is 4. The van der Waals surface area contributed by atoms with Crippen LogP contribution in [0.15, 0.2) is 79.0 Å². The minimum atomic E-state index is -5.38. The fraction of sp³-hybridized carbons (Fsp3) is 0.323. The van der Waals surface area contributed by atoms with Gasteiger partial charge < -0.3 is 25.8 Å². The molecule has 3 aromatic rings. The Morgan fingerprint density at radius 2 is 1.55 bits per heavy atom. The molecule has 1 aromatic heterocycles. The first kappa shape index (κ1) is 33.7. The lowest BCUT2D eigenvalue weighted by atomic mass is 9.98. The van der Waals surface area contributed by atoms with Gasteiger partial charge in [-0.1, -0.05) is 60.7 Å². The minimum Gasteiger partial charge on any atom is -0.396 e. The fourth-order valence-electron chi connectivity index (χ4n) is 4.19. The van der Waals surface area contributed by atoms with Crippen LogP contribution in [-0.4, -0.2) is 59.2 Å². The second-order valence-electron chi connectivity index (χ2n) is 9.74. The molecule has 234 valence electrons. The molecule has 13 heteroatoms. The van der Waals surface area contributed by atoms with Crippen molar-refractivity contribution in [3.05, 3.63) is 84.6 Å². The number of anilines is 1. The third-order valence-corrected chi connectivity index (χ3v) is 6.42. The molecule has 0 spiro atoms. The van der Waals surface area contributed by atoms with Gasteiger partial charge in [-0.2, -0.15) is 13.2 Å². The van der Waals surface area contributed by atoms with Crippen molar-refractivity contribution < 1.29 is 42.2 Å². The molecule has 0 aliphatic rings. The average molecular weight is 615 g/mol. The fourth-order valence-corrected chi connectivity index (χ4v) is 4.19. The molecular formula is C31H33F3N4O6. The number of esters is 2. The third-order valence-electron chi connectivity index (χ3n) is 6.42. The van der Waals surface area contributed by atoms with Gasteiger partial charge in [0.15, 0.2) is 0 Å². The highest BCUT2D eigenvalue weighted by molar-refractivity contribution is 5.90. The zero-order valence-electron chi connectivity index (χ0n) is 23.7. The topological polar surface area (TPSA) is 147 Å². The predicted molar refractivity (Wildman–Crippen MR) is 155 cm³/mol. The normalized spacial score (nSPS) is 12.5. The first-order valence-electron chi connectivity index (χ1n) is 13.9. The summed E-state index contributed by atoms with van der Waals surface area (Å²) in [6.45, 7) is 0.119. The maximum absolute atomic E-state index is 13.2. The van der Waals surface area contributed by atoms with Crippen LogP contribution in [0.1, 0.15) is 43.7 Å². The predicted octanol–water partition coefficient (Wildman–Crippen LogP) is 4.08. The maximum atomic E-state index is 13.2. The van der Waals surface area contributed by atoms with Gasteiger partial charge in [0.1, 0.15) is 11.9 Å². The Kier molecular flexibility index (Phi) is 12.8. The van der Waals surface area contributed by atoms with E-state index in [1.54, 1.807) is 36.5 Å². The zero-order chi connectivity index (χ0) is 32.0. The molecule has 2 aromatic carbocycles. The van der Waals surface area contributed by atoms with Gasteiger partial charge in [-0.25, -0.2) is 9.78 Å². The molecule has 0 aliphatic heterocycles. The summed E-state index contributed by atoms with van der Waals surface area (Å²) in [6.07, 6.45) is -3.46. The summed E-state index contributed by atoms with van der Waals surface area (Å²) in [5.74, 6) is -4.71. The van der Waals surface area contributed by atoms with Crippen molar-refractivity contribution in [2.24, 2.45) is 0 Å². The number of aliphatic hydroxyl groups is 1. The number of aromatic nitrogens is 1. The van der Waals surface area contributed by atoms with Crippen LogP contribution in [0.3, 0.4) is 0 Å². The van der Waals surface area contributed by atoms with Crippen molar-refractivity contribution in [1.82, 2.24) is 15.6 Å². The molecule has 0 saturated carbocycles. The molecule has 0 fully saturated rings. The number of halogens is 3. The molecular weight excluding hydrogens is 581 g/mol. The molecule has 2 atom stereocenters. The Balaban J connectivity index is 1.65. The van der Waals surface area contributed by atoms with E-state index in [9.17, 15) is 37.5 Å². The summed E-state index contributed by atoms with van der Waals surface area (Å²) < 4.78 is 41.9. The van der Waals surface area contributed by atoms with E-state index in [0.717, 1.165) is 11.1 Å². The van der Waals surface area contributed by atoms with Gasteiger partial charge in [0.2, 0.25) is 11.8 Å². The molecule has 0 saturated heterocycles. The molecule has 1 heterocycles. The van der Waals surface area contributed by atoms with Crippen LogP contribution in [0.25, 0.3) is 11.1 Å². The van der Waals surface area contributed by atoms with E-state index in [4.69, 9.17) is 0 Å². The SMILES string of the molecule is O=C(CCCCNc1ccccn1)N[C@@H](CCO)C(=O)NC(CC(=O)OC(=O)C(F)(F)F)c1ccc(-c2ccccc2)cc1. The number of carbonyl (C=O) groups is 4. The Bertz CT molecular complexity index is 1370. The Morgan fingerprint density at radius 1 is 0.864 bits per heavy atom. The maximum Gasteiger partial charge on any atom is 0.491 e. The number of rotatable bonds is 15. The lowest BCUT2D eigenvalue weighted by molar-refractivity contribution is -0.202. The number of ether oxygens (including phenoxy) is 1. The zero-order valence-corrected chi connectivity index (χ0v) is 23.7.